The van der Waals surface area contributed by atoms with Crippen molar-refractivity contribution >= 4 is 11.8 Å². The van der Waals surface area contributed by atoms with Crippen molar-refractivity contribution in [1.29, 1.82) is 0 Å². The summed E-state index contributed by atoms with van der Waals surface area (Å²) in [4.78, 5) is 24.4. The lowest BCUT2D eigenvalue weighted by Crippen LogP contribution is -2.34. The number of aliphatic hydroxyl groups excluding tert-OH is 1. The predicted octanol–water partition coefficient (Wildman–Crippen LogP) is -0.364. The first-order valence-corrected chi connectivity index (χ1v) is 5.13. The number of hydrogen-bond acceptors (Lipinski definition) is 4. The van der Waals surface area contributed by atoms with Gasteiger partial charge in [-0.05, 0) is 0 Å². The van der Waals surface area contributed by atoms with E-state index < -0.39 is 0 Å². The summed E-state index contributed by atoms with van der Waals surface area (Å²) in [6.07, 6.45) is 0. The number of amides is 2. The molecule has 2 unspecified atom stereocenters. The summed E-state index contributed by atoms with van der Waals surface area (Å²) in [5, 5.41) is 8.47. The van der Waals surface area contributed by atoms with Crippen LogP contribution in [0.15, 0.2) is 0 Å². The van der Waals surface area contributed by atoms with Gasteiger partial charge >= 0.3 is 0 Å². The first-order valence-electron chi connectivity index (χ1n) is 5.13. The van der Waals surface area contributed by atoms with Crippen molar-refractivity contribution in [3.8, 4) is 0 Å². The maximum atomic E-state index is 11.6. The van der Waals surface area contributed by atoms with Crippen LogP contribution in [0, 0.1) is 11.8 Å². The van der Waals surface area contributed by atoms with Gasteiger partial charge in [-0.25, -0.2) is 0 Å². The monoisotopic (exact) mass is 215 g/mol. The molecule has 1 saturated heterocycles. The maximum absolute atomic E-state index is 11.6. The van der Waals surface area contributed by atoms with Crippen LogP contribution in [0.2, 0.25) is 0 Å². The molecule has 1 rings (SSSR count). The Hall–Kier alpha value is -0.940. The predicted molar refractivity (Wildman–Crippen MR) is 53.0 cm³/mol. The minimum Gasteiger partial charge on any atom is -0.394 e. The number of hydrogen-bond donors (Lipinski definition) is 1. The van der Waals surface area contributed by atoms with Crippen molar-refractivity contribution in [2.75, 3.05) is 26.4 Å². The molecule has 0 radical (unpaired) electrons. The van der Waals surface area contributed by atoms with Gasteiger partial charge in [-0.3, -0.25) is 14.5 Å². The molecule has 1 heterocycles. The lowest BCUT2D eigenvalue weighted by atomic mass is 10.00. The zero-order valence-electron chi connectivity index (χ0n) is 9.10. The van der Waals surface area contributed by atoms with Gasteiger partial charge in [0.25, 0.3) is 0 Å². The van der Waals surface area contributed by atoms with Crippen LogP contribution in [0.5, 0.6) is 0 Å². The molecular formula is C10H17NO4. The standard InChI is InChI=1S/C10H17NO4/c1-7-8(2)10(14)11(9(7)13)3-5-15-6-4-12/h7-8,12H,3-6H2,1-2H3. The van der Waals surface area contributed by atoms with Gasteiger partial charge in [0.2, 0.25) is 11.8 Å². The van der Waals surface area contributed by atoms with Gasteiger partial charge in [0.1, 0.15) is 0 Å². The Morgan fingerprint density at radius 2 is 1.73 bits per heavy atom. The average molecular weight is 215 g/mol. The van der Waals surface area contributed by atoms with Crippen LogP contribution in [0.3, 0.4) is 0 Å². The highest BCUT2D eigenvalue weighted by Gasteiger charge is 2.41. The highest BCUT2D eigenvalue weighted by atomic mass is 16.5. The summed E-state index contributed by atoms with van der Waals surface area (Å²) in [6.45, 7) is 4.29. The fourth-order valence-electron chi connectivity index (χ4n) is 1.57. The molecule has 5 heteroatoms. The topological polar surface area (TPSA) is 66.8 Å². The lowest BCUT2D eigenvalue weighted by Gasteiger charge is -2.13. The van der Waals surface area contributed by atoms with E-state index in [4.69, 9.17) is 9.84 Å². The van der Waals surface area contributed by atoms with E-state index >= 15 is 0 Å². The number of rotatable bonds is 5. The average Bonchev–Trinajstić information content (AvgIpc) is 2.41. The second-order valence-corrected chi connectivity index (χ2v) is 3.74. The quantitative estimate of drug-likeness (QED) is 0.502. The van der Waals surface area contributed by atoms with E-state index in [0.29, 0.717) is 0 Å². The Bertz CT molecular complexity index is 234. The normalized spacial score (nSPS) is 26.5. The molecular weight excluding hydrogens is 198 g/mol. The molecule has 1 aliphatic rings. The maximum Gasteiger partial charge on any atom is 0.232 e. The Morgan fingerprint density at radius 1 is 1.20 bits per heavy atom. The molecule has 86 valence electrons. The van der Waals surface area contributed by atoms with Crippen molar-refractivity contribution in [2.24, 2.45) is 11.8 Å². The van der Waals surface area contributed by atoms with E-state index in [2.05, 4.69) is 0 Å². The number of likely N-dealkylation sites (tertiary alicyclic amines) is 1. The van der Waals surface area contributed by atoms with E-state index in [1.165, 1.54) is 4.90 Å². The highest BCUT2D eigenvalue weighted by Crippen LogP contribution is 2.24. The molecule has 1 N–H and O–H groups in total. The molecule has 0 saturated carbocycles. The van der Waals surface area contributed by atoms with Crippen LogP contribution in [0.4, 0.5) is 0 Å². The van der Waals surface area contributed by atoms with Crippen LogP contribution in [0.1, 0.15) is 13.8 Å². The SMILES string of the molecule is CC1C(=O)N(CCOCCO)C(=O)C1C. The van der Waals surface area contributed by atoms with Crippen molar-refractivity contribution in [1.82, 2.24) is 4.90 Å². The lowest BCUT2D eigenvalue weighted by molar-refractivity contribution is -0.140. The number of nitrogens with zero attached hydrogens (tertiary/aromatic N) is 1. The molecule has 0 aromatic heterocycles. The first-order chi connectivity index (χ1) is 7.09. The molecule has 0 aromatic carbocycles. The Labute approximate surface area is 89.0 Å². The Morgan fingerprint density at radius 3 is 2.20 bits per heavy atom. The largest absolute Gasteiger partial charge is 0.394 e. The van der Waals surface area contributed by atoms with Crippen LogP contribution < -0.4 is 0 Å². The Kier molecular flexibility index (Phi) is 4.23. The van der Waals surface area contributed by atoms with Gasteiger partial charge in [0.15, 0.2) is 0 Å². The third kappa shape index (κ3) is 2.54. The molecule has 15 heavy (non-hydrogen) atoms. The van der Waals surface area contributed by atoms with Gasteiger partial charge in [-0.1, -0.05) is 13.8 Å². The molecule has 2 atom stereocenters. The third-order valence-electron chi connectivity index (χ3n) is 2.76. The van der Waals surface area contributed by atoms with Gasteiger partial charge in [0.05, 0.1) is 26.4 Å². The third-order valence-corrected chi connectivity index (χ3v) is 2.76. The summed E-state index contributed by atoms with van der Waals surface area (Å²) in [5.74, 6) is -0.703. The fraction of sp³-hybridized carbons (Fsp3) is 0.800. The van der Waals surface area contributed by atoms with Gasteiger partial charge in [0, 0.05) is 11.8 Å². The van der Waals surface area contributed by atoms with Crippen LogP contribution in [0.25, 0.3) is 0 Å². The van der Waals surface area contributed by atoms with Crippen LogP contribution in [-0.2, 0) is 14.3 Å². The number of carbonyl (C=O) groups is 2. The summed E-state index contributed by atoms with van der Waals surface area (Å²) < 4.78 is 5.02. The van der Waals surface area contributed by atoms with Gasteiger partial charge in [-0.15, -0.1) is 0 Å². The minimum absolute atomic E-state index is 0.0469. The second kappa shape index (κ2) is 5.23. The van der Waals surface area contributed by atoms with E-state index in [1.807, 2.05) is 0 Å². The number of imide groups is 1. The molecule has 1 aliphatic heterocycles. The summed E-state index contributed by atoms with van der Waals surface area (Å²) >= 11 is 0. The van der Waals surface area contributed by atoms with Crippen molar-refractivity contribution in [3.05, 3.63) is 0 Å². The van der Waals surface area contributed by atoms with E-state index in [1.54, 1.807) is 13.8 Å². The van der Waals surface area contributed by atoms with E-state index in [0.717, 1.165) is 0 Å². The number of carbonyl (C=O) groups excluding carboxylic acids is 2. The van der Waals surface area contributed by atoms with Crippen LogP contribution in [-0.4, -0.2) is 48.2 Å². The zero-order chi connectivity index (χ0) is 11.4. The minimum atomic E-state index is -0.227. The molecule has 5 nitrogen and oxygen atoms in total. The van der Waals surface area contributed by atoms with E-state index in [9.17, 15) is 9.59 Å². The number of aliphatic hydroxyl groups is 1. The first kappa shape index (κ1) is 12.1. The summed E-state index contributed by atoms with van der Waals surface area (Å²) in [6, 6.07) is 0. The molecule has 0 aliphatic carbocycles. The summed E-state index contributed by atoms with van der Waals surface area (Å²) in [7, 11) is 0. The summed E-state index contributed by atoms with van der Waals surface area (Å²) in [5.41, 5.74) is 0. The van der Waals surface area contributed by atoms with Gasteiger partial charge in [-0.2, -0.15) is 0 Å². The number of ether oxygens (including phenoxy) is 1. The molecule has 2 amide bonds. The fourth-order valence-corrected chi connectivity index (χ4v) is 1.57. The molecule has 0 spiro atoms. The van der Waals surface area contributed by atoms with E-state index in [-0.39, 0.29) is 50.0 Å². The van der Waals surface area contributed by atoms with Crippen molar-refractivity contribution in [2.45, 2.75) is 13.8 Å². The highest BCUT2D eigenvalue weighted by molar-refractivity contribution is 6.04. The molecule has 1 fully saturated rings. The van der Waals surface area contributed by atoms with Crippen LogP contribution >= 0.6 is 0 Å². The van der Waals surface area contributed by atoms with Gasteiger partial charge < -0.3 is 9.84 Å². The smallest absolute Gasteiger partial charge is 0.232 e. The van der Waals surface area contributed by atoms with Crippen molar-refractivity contribution < 1.29 is 19.4 Å². The Balaban J connectivity index is 2.41. The van der Waals surface area contributed by atoms with Crippen molar-refractivity contribution in [3.63, 3.8) is 0 Å². The second-order valence-electron chi connectivity index (χ2n) is 3.74. The molecule has 0 bridgehead atoms. The molecule has 0 aromatic rings. The zero-order valence-corrected chi connectivity index (χ0v) is 9.10.